The summed E-state index contributed by atoms with van der Waals surface area (Å²) in [5.41, 5.74) is 0.0762. The van der Waals surface area contributed by atoms with E-state index >= 15 is 0 Å². The highest BCUT2D eigenvalue weighted by atomic mass is 16.6. The van der Waals surface area contributed by atoms with Crippen molar-refractivity contribution in [2.45, 2.75) is 25.7 Å². The van der Waals surface area contributed by atoms with Gasteiger partial charge in [0.1, 0.15) is 12.4 Å². The van der Waals surface area contributed by atoms with E-state index in [0.29, 0.717) is 12.4 Å². The molecule has 0 aliphatic carbocycles. The summed E-state index contributed by atoms with van der Waals surface area (Å²) in [6.07, 6.45) is 5.16. The molecule has 1 heterocycles. The molecular formula is C14H20N2O3. The smallest absolute Gasteiger partial charge is 0.273 e. The van der Waals surface area contributed by atoms with Crippen molar-refractivity contribution in [1.29, 1.82) is 0 Å². The fourth-order valence-electron chi connectivity index (χ4n) is 2.34. The van der Waals surface area contributed by atoms with Crippen LogP contribution >= 0.6 is 0 Å². The molecule has 104 valence electrons. The molecule has 2 rings (SSSR count). The fraction of sp³-hybridized carbons (Fsp3) is 0.571. The third-order valence-corrected chi connectivity index (χ3v) is 3.40. The fourth-order valence-corrected chi connectivity index (χ4v) is 2.34. The SMILES string of the molecule is O=[N+]([O-])c1cccc(OCCN2CCCCCC2)c1. The number of nitro benzene ring substituents is 1. The number of non-ortho nitro benzene ring substituents is 1. The summed E-state index contributed by atoms with van der Waals surface area (Å²) in [5.74, 6) is 0.573. The first kappa shape index (κ1) is 13.8. The Morgan fingerprint density at radius 3 is 2.63 bits per heavy atom. The molecule has 0 atom stereocenters. The maximum absolute atomic E-state index is 10.7. The number of hydrogen-bond acceptors (Lipinski definition) is 4. The van der Waals surface area contributed by atoms with E-state index in [1.807, 2.05) is 0 Å². The zero-order valence-electron chi connectivity index (χ0n) is 11.1. The Labute approximate surface area is 113 Å². The zero-order chi connectivity index (χ0) is 13.5. The second-order valence-electron chi connectivity index (χ2n) is 4.86. The molecule has 0 unspecified atom stereocenters. The average Bonchev–Trinajstić information content (AvgIpc) is 2.68. The lowest BCUT2D eigenvalue weighted by atomic mass is 10.2. The molecule has 0 amide bonds. The van der Waals surface area contributed by atoms with Gasteiger partial charge in [0.15, 0.2) is 0 Å². The summed E-state index contributed by atoms with van der Waals surface area (Å²) in [4.78, 5) is 12.7. The number of likely N-dealkylation sites (tertiary alicyclic amines) is 1. The van der Waals surface area contributed by atoms with E-state index < -0.39 is 4.92 Å². The van der Waals surface area contributed by atoms with Gasteiger partial charge in [0.05, 0.1) is 11.0 Å². The molecule has 1 aliphatic heterocycles. The molecule has 0 radical (unpaired) electrons. The van der Waals surface area contributed by atoms with Crippen LogP contribution in [0, 0.1) is 10.1 Å². The van der Waals surface area contributed by atoms with Crippen molar-refractivity contribution in [3.8, 4) is 5.75 Å². The van der Waals surface area contributed by atoms with Gasteiger partial charge in [-0.05, 0) is 32.0 Å². The molecule has 1 aromatic carbocycles. The Kier molecular flexibility index (Phi) is 5.15. The third kappa shape index (κ3) is 4.52. The van der Waals surface area contributed by atoms with Gasteiger partial charge in [-0.2, -0.15) is 0 Å². The Bertz CT molecular complexity index is 415. The van der Waals surface area contributed by atoms with Crippen LogP contribution in [0.4, 0.5) is 5.69 Å². The molecular weight excluding hydrogens is 244 g/mol. The van der Waals surface area contributed by atoms with E-state index in [4.69, 9.17) is 4.74 Å². The molecule has 0 aromatic heterocycles. The predicted molar refractivity (Wildman–Crippen MR) is 73.5 cm³/mol. The number of nitro groups is 1. The lowest BCUT2D eigenvalue weighted by molar-refractivity contribution is -0.384. The number of nitrogens with zero attached hydrogens (tertiary/aromatic N) is 2. The predicted octanol–water partition coefficient (Wildman–Crippen LogP) is 2.85. The van der Waals surface area contributed by atoms with Crippen LogP contribution in [-0.2, 0) is 0 Å². The van der Waals surface area contributed by atoms with E-state index in [0.717, 1.165) is 19.6 Å². The van der Waals surface area contributed by atoms with Gasteiger partial charge in [0.25, 0.3) is 5.69 Å². The first-order valence-electron chi connectivity index (χ1n) is 6.85. The van der Waals surface area contributed by atoms with Crippen LogP contribution in [0.25, 0.3) is 0 Å². The van der Waals surface area contributed by atoms with E-state index in [9.17, 15) is 10.1 Å². The van der Waals surface area contributed by atoms with Gasteiger partial charge in [0.2, 0.25) is 0 Å². The lowest BCUT2D eigenvalue weighted by Crippen LogP contribution is -2.29. The molecule has 5 nitrogen and oxygen atoms in total. The summed E-state index contributed by atoms with van der Waals surface area (Å²) >= 11 is 0. The summed E-state index contributed by atoms with van der Waals surface area (Å²) in [6.45, 7) is 3.75. The second kappa shape index (κ2) is 7.09. The molecule has 19 heavy (non-hydrogen) atoms. The van der Waals surface area contributed by atoms with E-state index in [2.05, 4.69) is 4.90 Å². The molecule has 1 saturated heterocycles. The average molecular weight is 264 g/mol. The maximum Gasteiger partial charge on any atom is 0.273 e. The molecule has 1 fully saturated rings. The lowest BCUT2D eigenvalue weighted by Gasteiger charge is -2.19. The molecule has 0 bridgehead atoms. The summed E-state index contributed by atoms with van der Waals surface area (Å²) in [6, 6.07) is 6.36. The Hall–Kier alpha value is -1.62. The van der Waals surface area contributed by atoms with Gasteiger partial charge < -0.3 is 4.74 Å². The van der Waals surface area contributed by atoms with Gasteiger partial charge in [0, 0.05) is 12.6 Å². The summed E-state index contributed by atoms with van der Waals surface area (Å²) < 4.78 is 5.59. The van der Waals surface area contributed by atoms with Crippen molar-refractivity contribution in [2.75, 3.05) is 26.2 Å². The number of benzene rings is 1. The highest BCUT2D eigenvalue weighted by molar-refractivity contribution is 5.37. The normalized spacial score (nSPS) is 16.8. The minimum absolute atomic E-state index is 0.0762. The summed E-state index contributed by atoms with van der Waals surface area (Å²) in [5, 5.41) is 10.7. The standard InChI is InChI=1S/C14H20N2O3/c17-16(18)13-6-5-7-14(12-13)19-11-10-15-8-3-1-2-4-9-15/h5-7,12H,1-4,8-11H2. The molecule has 0 N–H and O–H groups in total. The van der Waals surface area contributed by atoms with Crippen molar-refractivity contribution < 1.29 is 9.66 Å². The molecule has 0 saturated carbocycles. The molecule has 0 spiro atoms. The minimum atomic E-state index is -0.401. The van der Waals surface area contributed by atoms with E-state index in [1.165, 1.54) is 37.8 Å². The molecule has 1 aliphatic rings. The van der Waals surface area contributed by atoms with Crippen LogP contribution in [0.5, 0.6) is 5.75 Å². The number of hydrogen-bond donors (Lipinski definition) is 0. The first-order valence-corrected chi connectivity index (χ1v) is 6.85. The van der Waals surface area contributed by atoms with Crippen LogP contribution < -0.4 is 4.74 Å². The Balaban J connectivity index is 1.78. The second-order valence-corrected chi connectivity index (χ2v) is 4.86. The number of ether oxygens (including phenoxy) is 1. The maximum atomic E-state index is 10.7. The first-order chi connectivity index (χ1) is 9.25. The van der Waals surface area contributed by atoms with Crippen molar-refractivity contribution >= 4 is 5.69 Å². The van der Waals surface area contributed by atoms with E-state index in [1.54, 1.807) is 12.1 Å². The topological polar surface area (TPSA) is 55.6 Å². The van der Waals surface area contributed by atoms with Crippen LogP contribution in [-0.4, -0.2) is 36.1 Å². The van der Waals surface area contributed by atoms with Gasteiger partial charge in [-0.25, -0.2) is 0 Å². The van der Waals surface area contributed by atoms with Crippen molar-refractivity contribution in [1.82, 2.24) is 4.90 Å². The molecule has 5 heteroatoms. The quantitative estimate of drug-likeness (QED) is 0.606. The Morgan fingerprint density at radius 2 is 1.95 bits per heavy atom. The van der Waals surface area contributed by atoms with E-state index in [-0.39, 0.29) is 5.69 Å². The van der Waals surface area contributed by atoms with Crippen molar-refractivity contribution in [3.05, 3.63) is 34.4 Å². The Morgan fingerprint density at radius 1 is 1.21 bits per heavy atom. The van der Waals surface area contributed by atoms with Crippen molar-refractivity contribution in [3.63, 3.8) is 0 Å². The number of rotatable bonds is 5. The van der Waals surface area contributed by atoms with Gasteiger partial charge in [-0.1, -0.05) is 18.9 Å². The van der Waals surface area contributed by atoms with Gasteiger partial charge in [-0.15, -0.1) is 0 Å². The van der Waals surface area contributed by atoms with Gasteiger partial charge >= 0.3 is 0 Å². The largest absolute Gasteiger partial charge is 0.492 e. The van der Waals surface area contributed by atoms with Gasteiger partial charge in [-0.3, -0.25) is 15.0 Å². The minimum Gasteiger partial charge on any atom is -0.492 e. The van der Waals surface area contributed by atoms with Crippen LogP contribution in [0.1, 0.15) is 25.7 Å². The summed E-state index contributed by atoms with van der Waals surface area (Å²) in [7, 11) is 0. The van der Waals surface area contributed by atoms with Crippen molar-refractivity contribution in [2.24, 2.45) is 0 Å². The molecule has 1 aromatic rings. The van der Waals surface area contributed by atoms with Crippen LogP contribution in [0.3, 0.4) is 0 Å². The monoisotopic (exact) mass is 264 g/mol. The zero-order valence-corrected chi connectivity index (χ0v) is 11.1. The highest BCUT2D eigenvalue weighted by Crippen LogP contribution is 2.19. The highest BCUT2D eigenvalue weighted by Gasteiger charge is 2.09. The van der Waals surface area contributed by atoms with Crippen LogP contribution in [0.15, 0.2) is 24.3 Å². The third-order valence-electron chi connectivity index (χ3n) is 3.40. The van der Waals surface area contributed by atoms with Crippen LogP contribution in [0.2, 0.25) is 0 Å².